The zero-order valence-corrected chi connectivity index (χ0v) is 28.5. The lowest BCUT2D eigenvalue weighted by atomic mass is 9.65. The second kappa shape index (κ2) is 15.3. The molecule has 246 valence electrons. The molecule has 2 aliphatic rings. The fourth-order valence-electron chi connectivity index (χ4n) is 5.68. The molecule has 1 heterocycles. The van der Waals surface area contributed by atoms with Gasteiger partial charge < -0.3 is 19.5 Å². The third-order valence-corrected chi connectivity index (χ3v) is 10.6. The fourth-order valence-corrected chi connectivity index (χ4v) is 8.33. The minimum Gasteiger partial charge on any atom is -0.497 e. The Morgan fingerprint density at radius 3 is 2.26 bits per heavy atom. The van der Waals surface area contributed by atoms with E-state index < -0.39 is 35.5 Å². The molecule has 47 heavy (non-hydrogen) atoms. The maximum atomic E-state index is 13.8. The van der Waals surface area contributed by atoms with E-state index in [0.717, 1.165) is 16.0 Å². The molecule has 0 aromatic heterocycles. The Morgan fingerprint density at radius 1 is 0.957 bits per heavy atom. The number of ether oxygens (including phenoxy) is 3. The van der Waals surface area contributed by atoms with E-state index in [2.05, 4.69) is 5.32 Å². The summed E-state index contributed by atoms with van der Waals surface area (Å²) in [6.07, 6.45) is -0.778. The van der Waals surface area contributed by atoms with Crippen molar-refractivity contribution in [2.75, 3.05) is 18.6 Å². The molecule has 0 radical (unpaired) electrons. The molecule has 0 saturated heterocycles. The Kier molecular flexibility index (Phi) is 11.1. The van der Waals surface area contributed by atoms with Crippen LogP contribution in [0.2, 0.25) is 0 Å². The van der Waals surface area contributed by atoms with Gasteiger partial charge in [-0.3, -0.25) is 9.59 Å². The van der Waals surface area contributed by atoms with Crippen LogP contribution in [-0.4, -0.2) is 53.1 Å². The van der Waals surface area contributed by atoms with Crippen molar-refractivity contribution in [2.45, 2.75) is 55.6 Å². The summed E-state index contributed by atoms with van der Waals surface area (Å²) < 4.78 is 16.4. The molecule has 1 saturated carbocycles. The first-order chi connectivity index (χ1) is 22.5. The molecular formula is C37H39NO7S2. The van der Waals surface area contributed by atoms with Crippen molar-refractivity contribution in [3.05, 3.63) is 107 Å². The normalized spacial score (nSPS) is 19.6. The zero-order chi connectivity index (χ0) is 33.6. The molecule has 5 rings (SSSR count). The Morgan fingerprint density at radius 2 is 1.62 bits per heavy atom. The highest BCUT2D eigenvalue weighted by molar-refractivity contribution is 8.01. The second-order valence-corrected chi connectivity index (χ2v) is 14.7. The summed E-state index contributed by atoms with van der Waals surface area (Å²) in [5, 5.41) is 2.46. The molecule has 3 aromatic carbocycles. The van der Waals surface area contributed by atoms with Gasteiger partial charge in [0.1, 0.15) is 29.8 Å². The molecule has 1 unspecified atom stereocenters. The van der Waals surface area contributed by atoms with Gasteiger partial charge in [0, 0.05) is 39.6 Å². The smallest absolute Gasteiger partial charge is 0.408 e. The van der Waals surface area contributed by atoms with Crippen LogP contribution in [0.25, 0.3) is 0 Å². The number of Topliss-reactive ketones (excluding diaryl/α,β-unsaturated/α-hetero) is 2. The summed E-state index contributed by atoms with van der Waals surface area (Å²) in [5.41, 5.74) is 1.94. The van der Waals surface area contributed by atoms with Gasteiger partial charge in [-0.25, -0.2) is 9.59 Å². The summed E-state index contributed by atoms with van der Waals surface area (Å²) in [7, 11) is 1.59. The second-order valence-electron chi connectivity index (χ2n) is 12.5. The highest BCUT2D eigenvalue weighted by atomic mass is 32.2. The summed E-state index contributed by atoms with van der Waals surface area (Å²) >= 11 is 3.21. The molecule has 8 nitrogen and oxygen atoms in total. The van der Waals surface area contributed by atoms with E-state index in [1.54, 1.807) is 87.8 Å². The van der Waals surface area contributed by atoms with Crippen LogP contribution in [0, 0.1) is 11.8 Å². The number of amides is 1. The fraction of sp³-hybridized carbons (Fsp3) is 0.351. The number of methoxy groups -OCH3 is 1. The van der Waals surface area contributed by atoms with E-state index in [1.165, 1.54) is 0 Å². The predicted octanol–water partition coefficient (Wildman–Crippen LogP) is 6.98. The molecule has 4 atom stereocenters. The number of alkyl carbamates (subject to hydrolysis) is 1. The van der Waals surface area contributed by atoms with E-state index in [1.807, 2.05) is 48.5 Å². The quantitative estimate of drug-likeness (QED) is 0.161. The lowest BCUT2D eigenvalue weighted by Crippen LogP contribution is -2.55. The first-order valence-corrected chi connectivity index (χ1v) is 17.5. The summed E-state index contributed by atoms with van der Waals surface area (Å²) in [4.78, 5) is 55.1. The van der Waals surface area contributed by atoms with Gasteiger partial charge in [-0.2, -0.15) is 11.8 Å². The minimum absolute atomic E-state index is 0.0567. The molecule has 1 fully saturated rings. The molecule has 0 bridgehead atoms. The standard InChI is InChI=1S/C37H39NO7S2/c1-37(2,3)45-36(42)38-32(24-11-7-5-8-12-24)29(39)19-28-33(40)31-30(35(41)44-20-23-15-17-26(43-4)18-16-23)25(22-47-34(28)31)21-46-27-13-9-6-10-14-27/h5-18,28,31-32,34H,19-22H2,1-4H3,(H,38,42)/t28-,31?,32-,34-/m1/s1. The van der Waals surface area contributed by atoms with Crippen LogP contribution in [0.5, 0.6) is 5.75 Å². The van der Waals surface area contributed by atoms with Crippen molar-refractivity contribution >= 4 is 47.2 Å². The molecule has 3 aromatic rings. The van der Waals surface area contributed by atoms with Crippen LogP contribution in [0.3, 0.4) is 0 Å². The number of nitrogens with one attached hydrogen (secondary N) is 1. The number of carbonyl (C=O) groups is 4. The Hall–Kier alpha value is -4.02. The van der Waals surface area contributed by atoms with Gasteiger partial charge in [0.2, 0.25) is 0 Å². The molecule has 0 spiro atoms. The number of benzene rings is 3. The first kappa shape index (κ1) is 34.3. The molecular weight excluding hydrogens is 635 g/mol. The first-order valence-electron chi connectivity index (χ1n) is 15.5. The van der Waals surface area contributed by atoms with Crippen molar-refractivity contribution in [2.24, 2.45) is 11.8 Å². The highest BCUT2D eigenvalue weighted by Gasteiger charge is 2.56. The largest absolute Gasteiger partial charge is 0.497 e. The van der Waals surface area contributed by atoms with Crippen molar-refractivity contribution in [1.82, 2.24) is 5.32 Å². The maximum Gasteiger partial charge on any atom is 0.408 e. The van der Waals surface area contributed by atoms with Crippen molar-refractivity contribution in [3.8, 4) is 5.75 Å². The third-order valence-electron chi connectivity index (χ3n) is 7.98. The van der Waals surface area contributed by atoms with Crippen molar-refractivity contribution in [3.63, 3.8) is 0 Å². The number of fused-ring (bicyclic) bond motifs is 1. The van der Waals surface area contributed by atoms with Gasteiger partial charge in [-0.1, -0.05) is 60.7 Å². The molecule has 1 amide bonds. The molecule has 1 aliphatic carbocycles. The van der Waals surface area contributed by atoms with Gasteiger partial charge in [-0.05, 0) is 61.7 Å². The van der Waals surface area contributed by atoms with E-state index in [4.69, 9.17) is 14.2 Å². The topological polar surface area (TPSA) is 108 Å². The molecule has 1 N–H and O–H groups in total. The van der Waals surface area contributed by atoms with E-state index in [-0.39, 0.29) is 29.8 Å². The monoisotopic (exact) mass is 673 g/mol. The lowest BCUT2D eigenvalue weighted by molar-refractivity contribution is -0.145. The average Bonchev–Trinajstić information content (AvgIpc) is 3.07. The van der Waals surface area contributed by atoms with E-state index >= 15 is 0 Å². The number of hydrogen-bond acceptors (Lipinski definition) is 9. The van der Waals surface area contributed by atoms with E-state index in [9.17, 15) is 19.2 Å². The molecule has 1 aliphatic heterocycles. The molecule has 10 heteroatoms. The van der Waals surface area contributed by atoms with Gasteiger partial charge in [0.25, 0.3) is 0 Å². The Bertz CT molecular complexity index is 1620. The Balaban J connectivity index is 1.33. The summed E-state index contributed by atoms with van der Waals surface area (Å²) in [5.74, 6) is -0.411. The summed E-state index contributed by atoms with van der Waals surface area (Å²) in [6.45, 7) is 5.30. The van der Waals surface area contributed by atoms with Crippen molar-refractivity contribution in [1.29, 1.82) is 0 Å². The van der Waals surface area contributed by atoms with Gasteiger partial charge in [-0.15, -0.1) is 11.8 Å². The van der Waals surface area contributed by atoms with Gasteiger partial charge in [0.15, 0.2) is 5.78 Å². The number of ketones is 2. The number of rotatable bonds is 12. The van der Waals surface area contributed by atoms with Crippen LogP contribution in [0.15, 0.2) is 101 Å². The van der Waals surface area contributed by atoms with Gasteiger partial charge in [0.05, 0.1) is 13.0 Å². The number of esters is 1. The number of thioether (sulfide) groups is 2. The number of hydrogen-bond donors (Lipinski definition) is 1. The van der Waals surface area contributed by atoms with Crippen LogP contribution >= 0.6 is 23.5 Å². The van der Waals surface area contributed by atoms with Crippen LogP contribution in [-0.2, 0) is 30.5 Å². The van der Waals surface area contributed by atoms with E-state index in [0.29, 0.717) is 28.4 Å². The van der Waals surface area contributed by atoms with Gasteiger partial charge >= 0.3 is 12.1 Å². The lowest BCUT2D eigenvalue weighted by Gasteiger charge is -2.46. The Labute approximate surface area is 284 Å². The SMILES string of the molecule is COc1ccc(COC(=O)C2=C(CSc3ccccc3)CS[C@H]3C2C(=O)[C@H]3CC(=O)[C@H](NC(=O)OC(C)(C)C)c2ccccc2)cc1. The summed E-state index contributed by atoms with van der Waals surface area (Å²) in [6, 6.07) is 25.1. The highest BCUT2D eigenvalue weighted by Crippen LogP contribution is 2.51. The zero-order valence-electron chi connectivity index (χ0n) is 26.9. The minimum atomic E-state index is -0.978. The average molecular weight is 674 g/mol. The van der Waals surface area contributed by atoms with Crippen LogP contribution < -0.4 is 10.1 Å². The van der Waals surface area contributed by atoms with Crippen LogP contribution in [0.1, 0.15) is 44.4 Å². The predicted molar refractivity (Wildman–Crippen MR) is 183 cm³/mol. The maximum absolute atomic E-state index is 13.8. The van der Waals surface area contributed by atoms with Crippen molar-refractivity contribution < 1.29 is 33.4 Å². The third kappa shape index (κ3) is 8.67. The van der Waals surface area contributed by atoms with Crippen LogP contribution in [0.4, 0.5) is 4.79 Å². The number of carbonyl (C=O) groups excluding carboxylic acids is 4.